The average Bonchev–Trinajstić information content (AvgIpc) is 1.82. The highest BCUT2D eigenvalue weighted by atomic mass is 16.5. The van der Waals surface area contributed by atoms with E-state index in [0.717, 1.165) is 0 Å². The smallest absolute Gasteiger partial charge is 0.149 e. The largest absolute Gasteiger partial charge is 0.371 e. The zero-order valence-corrected chi connectivity index (χ0v) is 8.55. The van der Waals surface area contributed by atoms with Crippen molar-refractivity contribution in [3.8, 4) is 0 Å². The van der Waals surface area contributed by atoms with E-state index in [9.17, 15) is 4.79 Å². The molecule has 0 aliphatic carbocycles. The molecule has 0 spiro atoms. The minimum Gasteiger partial charge on any atom is -0.371 e. The Kier molecular flexibility index (Phi) is 3.87. The SMILES string of the molecule is CC(=O)[C@H](N)[C@H](C)OC(C)(C)C. The van der Waals surface area contributed by atoms with Crippen LogP contribution in [-0.4, -0.2) is 23.5 Å². The van der Waals surface area contributed by atoms with E-state index in [2.05, 4.69) is 0 Å². The number of nitrogens with two attached hydrogens (primary N) is 1. The first-order chi connectivity index (χ1) is 5.24. The lowest BCUT2D eigenvalue weighted by atomic mass is 10.1. The van der Waals surface area contributed by atoms with Gasteiger partial charge in [-0.3, -0.25) is 4.79 Å². The van der Waals surface area contributed by atoms with Crippen molar-refractivity contribution in [1.29, 1.82) is 0 Å². The molecule has 0 amide bonds. The Morgan fingerprint density at radius 3 is 2.08 bits per heavy atom. The topological polar surface area (TPSA) is 52.3 Å². The molecule has 3 nitrogen and oxygen atoms in total. The van der Waals surface area contributed by atoms with Gasteiger partial charge in [-0.05, 0) is 34.6 Å². The summed E-state index contributed by atoms with van der Waals surface area (Å²) in [7, 11) is 0. The third-order valence-electron chi connectivity index (χ3n) is 1.51. The zero-order chi connectivity index (χ0) is 9.94. The molecule has 0 saturated heterocycles. The second-order valence-electron chi connectivity index (χ2n) is 4.07. The molecule has 0 aliphatic heterocycles. The minimum absolute atomic E-state index is 0.0354. The van der Waals surface area contributed by atoms with Gasteiger partial charge in [-0.15, -0.1) is 0 Å². The predicted molar refractivity (Wildman–Crippen MR) is 49.0 cm³/mol. The summed E-state index contributed by atoms with van der Waals surface area (Å²) in [5, 5.41) is 0. The lowest BCUT2D eigenvalue weighted by Crippen LogP contribution is -2.43. The molecule has 72 valence electrons. The summed E-state index contributed by atoms with van der Waals surface area (Å²) >= 11 is 0. The number of ketones is 1. The standard InChI is InChI=1S/C9H19NO2/c1-6(11)8(10)7(2)12-9(3,4)5/h7-8H,10H2,1-5H3/t7-,8-/m0/s1. The number of hydrogen-bond acceptors (Lipinski definition) is 3. The van der Waals surface area contributed by atoms with Crippen molar-refractivity contribution in [3.63, 3.8) is 0 Å². The highest BCUT2D eigenvalue weighted by molar-refractivity contribution is 5.81. The first kappa shape index (κ1) is 11.6. The van der Waals surface area contributed by atoms with Crippen molar-refractivity contribution in [2.24, 2.45) is 5.73 Å². The lowest BCUT2D eigenvalue weighted by molar-refractivity contribution is -0.125. The van der Waals surface area contributed by atoms with Crippen molar-refractivity contribution in [2.45, 2.75) is 52.4 Å². The first-order valence-electron chi connectivity index (χ1n) is 4.18. The third-order valence-corrected chi connectivity index (χ3v) is 1.51. The molecule has 0 radical (unpaired) electrons. The number of ether oxygens (including phenoxy) is 1. The number of carbonyl (C=O) groups is 1. The van der Waals surface area contributed by atoms with Crippen LogP contribution in [-0.2, 0) is 9.53 Å². The summed E-state index contributed by atoms with van der Waals surface area (Å²) in [5.41, 5.74) is 5.35. The van der Waals surface area contributed by atoms with Crippen LogP contribution in [0.2, 0.25) is 0 Å². The fourth-order valence-corrected chi connectivity index (χ4v) is 0.962. The van der Waals surface area contributed by atoms with Crippen LogP contribution < -0.4 is 5.73 Å². The van der Waals surface area contributed by atoms with Crippen molar-refractivity contribution < 1.29 is 9.53 Å². The van der Waals surface area contributed by atoms with Crippen LogP contribution in [0.25, 0.3) is 0 Å². The maximum atomic E-state index is 10.9. The summed E-state index contributed by atoms with van der Waals surface area (Å²) in [6.45, 7) is 9.12. The van der Waals surface area contributed by atoms with Crippen LogP contribution in [0.4, 0.5) is 0 Å². The molecular formula is C9H19NO2. The molecule has 0 fully saturated rings. The van der Waals surface area contributed by atoms with Crippen LogP contribution in [0.15, 0.2) is 0 Å². The van der Waals surface area contributed by atoms with Crippen LogP contribution >= 0.6 is 0 Å². The first-order valence-corrected chi connectivity index (χ1v) is 4.18. The van der Waals surface area contributed by atoms with Crippen molar-refractivity contribution in [1.82, 2.24) is 0 Å². The number of rotatable bonds is 3. The Balaban J connectivity index is 4.04. The van der Waals surface area contributed by atoms with Gasteiger partial charge >= 0.3 is 0 Å². The molecule has 0 aromatic heterocycles. The van der Waals surface area contributed by atoms with Gasteiger partial charge in [0, 0.05) is 0 Å². The monoisotopic (exact) mass is 173 g/mol. The number of carbonyl (C=O) groups excluding carboxylic acids is 1. The Morgan fingerprint density at radius 1 is 1.42 bits per heavy atom. The maximum Gasteiger partial charge on any atom is 0.149 e. The van der Waals surface area contributed by atoms with E-state index >= 15 is 0 Å². The van der Waals surface area contributed by atoms with Gasteiger partial charge in [0.2, 0.25) is 0 Å². The second-order valence-corrected chi connectivity index (χ2v) is 4.07. The molecule has 0 heterocycles. The summed E-state index contributed by atoms with van der Waals surface area (Å²) in [5.74, 6) is -0.0354. The molecular weight excluding hydrogens is 154 g/mol. The van der Waals surface area contributed by atoms with E-state index in [1.807, 2.05) is 27.7 Å². The Bertz CT molecular complexity index is 160. The molecule has 0 aromatic rings. The molecule has 0 saturated carbocycles. The van der Waals surface area contributed by atoms with Gasteiger partial charge in [0.1, 0.15) is 5.78 Å². The van der Waals surface area contributed by atoms with Crippen LogP contribution in [0.5, 0.6) is 0 Å². The summed E-state index contributed by atoms with van der Waals surface area (Å²) < 4.78 is 5.51. The number of Topliss-reactive ketones (excluding diaryl/α,β-unsaturated/α-hetero) is 1. The van der Waals surface area contributed by atoms with E-state index in [0.29, 0.717) is 0 Å². The number of hydrogen-bond donors (Lipinski definition) is 1. The van der Waals surface area contributed by atoms with Gasteiger partial charge in [0.15, 0.2) is 0 Å². The van der Waals surface area contributed by atoms with Crippen LogP contribution in [0.1, 0.15) is 34.6 Å². The molecule has 0 aromatic carbocycles. The van der Waals surface area contributed by atoms with Gasteiger partial charge in [-0.1, -0.05) is 0 Å². The van der Waals surface area contributed by atoms with Gasteiger partial charge in [-0.2, -0.15) is 0 Å². The van der Waals surface area contributed by atoms with E-state index in [4.69, 9.17) is 10.5 Å². The predicted octanol–water partition coefficient (Wildman–Crippen LogP) is 1.11. The van der Waals surface area contributed by atoms with Crippen LogP contribution in [0.3, 0.4) is 0 Å². The van der Waals surface area contributed by atoms with E-state index in [1.165, 1.54) is 6.92 Å². The van der Waals surface area contributed by atoms with Crippen LogP contribution in [0, 0.1) is 0 Å². The summed E-state index contributed by atoms with van der Waals surface area (Å²) in [6.07, 6.45) is -0.220. The quantitative estimate of drug-likeness (QED) is 0.695. The zero-order valence-electron chi connectivity index (χ0n) is 8.55. The fraction of sp³-hybridized carbons (Fsp3) is 0.889. The summed E-state index contributed by atoms with van der Waals surface area (Å²) in [6, 6.07) is -0.510. The van der Waals surface area contributed by atoms with Crippen molar-refractivity contribution in [3.05, 3.63) is 0 Å². The average molecular weight is 173 g/mol. The molecule has 0 rings (SSSR count). The molecule has 3 heteroatoms. The highest BCUT2D eigenvalue weighted by Gasteiger charge is 2.22. The van der Waals surface area contributed by atoms with Crippen molar-refractivity contribution >= 4 is 5.78 Å². The van der Waals surface area contributed by atoms with Crippen molar-refractivity contribution in [2.75, 3.05) is 0 Å². The normalized spacial score (nSPS) is 17.2. The minimum atomic E-state index is -0.510. The Hall–Kier alpha value is -0.410. The second kappa shape index (κ2) is 4.01. The van der Waals surface area contributed by atoms with E-state index in [-0.39, 0.29) is 17.5 Å². The maximum absolute atomic E-state index is 10.9. The highest BCUT2D eigenvalue weighted by Crippen LogP contribution is 2.12. The molecule has 0 unspecified atom stereocenters. The third kappa shape index (κ3) is 4.46. The molecule has 0 bridgehead atoms. The molecule has 2 atom stereocenters. The lowest BCUT2D eigenvalue weighted by Gasteiger charge is -2.27. The van der Waals surface area contributed by atoms with Gasteiger partial charge < -0.3 is 10.5 Å². The molecule has 0 aliphatic rings. The molecule has 12 heavy (non-hydrogen) atoms. The van der Waals surface area contributed by atoms with E-state index in [1.54, 1.807) is 0 Å². The Labute approximate surface area is 74.3 Å². The molecule has 2 N–H and O–H groups in total. The Morgan fingerprint density at radius 2 is 1.83 bits per heavy atom. The van der Waals surface area contributed by atoms with E-state index < -0.39 is 6.04 Å². The van der Waals surface area contributed by atoms with Gasteiger partial charge in [0.25, 0.3) is 0 Å². The van der Waals surface area contributed by atoms with Gasteiger partial charge in [0.05, 0.1) is 17.7 Å². The summed E-state index contributed by atoms with van der Waals surface area (Å²) in [4.78, 5) is 10.9. The fourth-order valence-electron chi connectivity index (χ4n) is 0.962. The van der Waals surface area contributed by atoms with Gasteiger partial charge in [-0.25, -0.2) is 0 Å².